The zero-order valence-electron chi connectivity index (χ0n) is 17.3. The third-order valence-electron chi connectivity index (χ3n) is 4.35. The highest BCUT2D eigenvalue weighted by Gasteiger charge is 2.16. The Labute approximate surface area is 168 Å². The van der Waals surface area contributed by atoms with Gasteiger partial charge in [-0.25, -0.2) is 0 Å². The van der Waals surface area contributed by atoms with Gasteiger partial charge in [0.15, 0.2) is 17.3 Å². The lowest BCUT2D eigenvalue weighted by Crippen LogP contribution is -2.13. The van der Waals surface area contributed by atoms with Gasteiger partial charge in [-0.3, -0.25) is 4.79 Å². The highest BCUT2D eigenvalue weighted by Crippen LogP contribution is 2.38. The highest BCUT2D eigenvalue weighted by atomic mass is 32.1. The van der Waals surface area contributed by atoms with Crippen LogP contribution in [0.25, 0.3) is 6.08 Å². The Hall–Kier alpha value is -1.88. The lowest BCUT2D eigenvalue weighted by atomic mass is 9.88. The number of carbonyl (C=O) groups excluding carboxylic acids is 1. The molecule has 1 atom stereocenters. The topological polar surface area (TPSA) is 44.8 Å². The predicted molar refractivity (Wildman–Crippen MR) is 115 cm³/mol. The van der Waals surface area contributed by atoms with Gasteiger partial charge in [-0.1, -0.05) is 39.1 Å². The molecule has 0 amide bonds. The number of allylic oxidation sites excluding steroid dienone is 1. The second kappa shape index (κ2) is 11.8. The molecule has 0 aliphatic heterocycles. The zero-order chi connectivity index (χ0) is 20.4. The summed E-state index contributed by atoms with van der Waals surface area (Å²) in [4.78, 5) is 13.5. The van der Waals surface area contributed by atoms with Gasteiger partial charge in [0, 0.05) is 6.42 Å². The molecule has 1 aromatic carbocycles. The smallest absolute Gasteiger partial charge is 0.203 e. The Morgan fingerprint density at radius 2 is 1.67 bits per heavy atom. The Balaban J connectivity index is 2.90. The minimum absolute atomic E-state index is 0.105. The van der Waals surface area contributed by atoms with E-state index in [1.807, 2.05) is 12.1 Å². The molecule has 5 heteroatoms. The van der Waals surface area contributed by atoms with Crippen LogP contribution in [0.3, 0.4) is 0 Å². The van der Waals surface area contributed by atoms with Crippen LogP contribution in [0.2, 0.25) is 0 Å². The molecule has 0 fully saturated rings. The Morgan fingerprint density at radius 3 is 2.11 bits per heavy atom. The number of thiocarbonyl (C=S) groups is 1. The van der Waals surface area contributed by atoms with Crippen molar-refractivity contribution in [1.29, 1.82) is 0 Å². The molecule has 0 saturated heterocycles. The van der Waals surface area contributed by atoms with E-state index in [0.29, 0.717) is 35.5 Å². The number of benzene rings is 1. The van der Waals surface area contributed by atoms with Crippen molar-refractivity contribution >= 4 is 28.9 Å². The van der Waals surface area contributed by atoms with Crippen LogP contribution >= 0.6 is 12.2 Å². The minimum atomic E-state index is 0.105. The molecule has 1 rings (SSSR count). The van der Waals surface area contributed by atoms with Crippen molar-refractivity contribution in [3.8, 4) is 17.2 Å². The van der Waals surface area contributed by atoms with Gasteiger partial charge in [0.2, 0.25) is 5.75 Å². The number of hydrogen-bond donors (Lipinski definition) is 0. The average molecular weight is 393 g/mol. The molecule has 1 unspecified atom stereocenters. The van der Waals surface area contributed by atoms with Crippen molar-refractivity contribution in [2.24, 2.45) is 11.8 Å². The third-order valence-corrected chi connectivity index (χ3v) is 4.81. The van der Waals surface area contributed by atoms with E-state index in [4.69, 9.17) is 26.4 Å². The first-order chi connectivity index (χ1) is 12.8. The van der Waals surface area contributed by atoms with Crippen LogP contribution in [0, 0.1) is 11.8 Å². The van der Waals surface area contributed by atoms with Crippen LogP contribution in [0.1, 0.15) is 52.0 Å². The van der Waals surface area contributed by atoms with Crippen LogP contribution in [0.15, 0.2) is 18.2 Å². The minimum Gasteiger partial charge on any atom is -0.493 e. The first kappa shape index (κ1) is 23.2. The summed E-state index contributed by atoms with van der Waals surface area (Å²) in [7, 11) is 4.71. The lowest BCUT2D eigenvalue weighted by Gasteiger charge is -2.18. The second-order valence-electron chi connectivity index (χ2n) is 7.05. The fourth-order valence-corrected chi connectivity index (χ4v) is 3.35. The van der Waals surface area contributed by atoms with E-state index in [-0.39, 0.29) is 5.78 Å². The number of hydrogen-bond acceptors (Lipinski definition) is 5. The van der Waals surface area contributed by atoms with Crippen LogP contribution in [-0.4, -0.2) is 32.0 Å². The lowest BCUT2D eigenvalue weighted by molar-refractivity contribution is -0.115. The largest absolute Gasteiger partial charge is 0.493 e. The van der Waals surface area contributed by atoms with Gasteiger partial charge in [0.25, 0.3) is 0 Å². The second-order valence-corrected chi connectivity index (χ2v) is 7.63. The van der Waals surface area contributed by atoms with Crippen molar-refractivity contribution in [3.05, 3.63) is 23.8 Å². The van der Waals surface area contributed by atoms with Crippen molar-refractivity contribution in [1.82, 2.24) is 0 Å². The van der Waals surface area contributed by atoms with E-state index in [1.54, 1.807) is 33.5 Å². The van der Waals surface area contributed by atoms with Crippen molar-refractivity contribution in [2.75, 3.05) is 21.3 Å². The zero-order valence-corrected chi connectivity index (χ0v) is 18.2. The normalized spacial score (nSPS) is 12.3. The number of rotatable bonds is 12. The standard InChI is InChI=1S/C22H32O4S/c1-7-19(27)12-17(10-15(2)3)11-18(23)9-8-16-13-20(24-4)22(26-6)21(14-16)25-5/h8-9,13-15,17H,7,10-12H2,1-6H3/b9-8+. The van der Waals surface area contributed by atoms with E-state index in [0.717, 1.165) is 29.7 Å². The summed E-state index contributed by atoms with van der Waals surface area (Å²) in [6.07, 6.45) is 6.66. The molecule has 0 aromatic heterocycles. The Morgan fingerprint density at radius 1 is 1.07 bits per heavy atom. The van der Waals surface area contributed by atoms with E-state index in [9.17, 15) is 4.79 Å². The maximum atomic E-state index is 12.5. The molecule has 0 bridgehead atoms. The van der Waals surface area contributed by atoms with E-state index < -0.39 is 0 Å². The summed E-state index contributed by atoms with van der Waals surface area (Å²) in [6, 6.07) is 3.64. The SMILES string of the molecule is CCC(=S)CC(CC(=O)/C=C/c1cc(OC)c(OC)c(OC)c1)CC(C)C. The monoisotopic (exact) mass is 392 g/mol. The van der Waals surface area contributed by atoms with Crippen molar-refractivity contribution in [2.45, 2.75) is 46.5 Å². The molecule has 0 radical (unpaired) electrons. The van der Waals surface area contributed by atoms with E-state index in [1.165, 1.54) is 0 Å². The molecule has 0 saturated carbocycles. The van der Waals surface area contributed by atoms with Gasteiger partial charge in [-0.05, 0) is 59.7 Å². The first-order valence-corrected chi connectivity index (χ1v) is 9.77. The number of ketones is 1. The van der Waals surface area contributed by atoms with Gasteiger partial charge in [-0.2, -0.15) is 0 Å². The third kappa shape index (κ3) is 7.71. The maximum absolute atomic E-state index is 12.5. The highest BCUT2D eigenvalue weighted by molar-refractivity contribution is 7.80. The molecular weight excluding hydrogens is 360 g/mol. The van der Waals surface area contributed by atoms with Gasteiger partial charge in [0.05, 0.1) is 21.3 Å². The summed E-state index contributed by atoms with van der Waals surface area (Å²) in [6.45, 7) is 6.43. The van der Waals surface area contributed by atoms with Gasteiger partial charge >= 0.3 is 0 Å². The Kier molecular flexibility index (Phi) is 10.1. The molecule has 0 aliphatic rings. The average Bonchev–Trinajstić information content (AvgIpc) is 2.64. The first-order valence-electron chi connectivity index (χ1n) is 9.37. The van der Waals surface area contributed by atoms with Gasteiger partial charge in [0.1, 0.15) is 0 Å². The maximum Gasteiger partial charge on any atom is 0.203 e. The molecular formula is C22H32O4S. The molecule has 0 spiro atoms. The molecule has 1 aromatic rings. The molecule has 0 heterocycles. The van der Waals surface area contributed by atoms with E-state index >= 15 is 0 Å². The summed E-state index contributed by atoms with van der Waals surface area (Å²) in [5.41, 5.74) is 0.822. The van der Waals surface area contributed by atoms with Crippen LogP contribution in [0.5, 0.6) is 17.2 Å². The number of carbonyl (C=O) groups is 1. The summed E-state index contributed by atoms with van der Waals surface area (Å²) >= 11 is 5.39. The predicted octanol–water partition coefficient (Wildman–Crippen LogP) is 5.52. The summed E-state index contributed by atoms with van der Waals surface area (Å²) in [5.74, 6) is 2.61. The molecule has 150 valence electrons. The number of methoxy groups -OCH3 is 3. The van der Waals surface area contributed by atoms with Gasteiger partial charge in [-0.15, -0.1) is 0 Å². The van der Waals surface area contributed by atoms with Crippen molar-refractivity contribution < 1.29 is 19.0 Å². The van der Waals surface area contributed by atoms with E-state index in [2.05, 4.69) is 20.8 Å². The summed E-state index contributed by atoms with van der Waals surface area (Å²) < 4.78 is 16.0. The molecule has 27 heavy (non-hydrogen) atoms. The molecule has 0 N–H and O–H groups in total. The fraction of sp³-hybridized carbons (Fsp3) is 0.545. The van der Waals surface area contributed by atoms with Gasteiger partial charge < -0.3 is 14.2 Å². The molecule has 4 nitrogen and oxygen atoms in total. The molecule has 0 aliphatic carbocycles. The van der Waals surface area contributed by atoms with Crippen LogP contribution in [-0.2, 0) is 4.79 Å². The Bertz CT molecular complexity index is 639. The summed E-state index contributed by atoms with van der Waals surface area (Å²) in [5, 5.41) is 0. The van der Waals surface area contributed by atoms with Crippen LogP contribution < -0.4 is 14.2 Å². The van der Waals surface area contributed by atoms with Crippen molar-refractivity contribution in [3.63, 3.8) is 0 Å². The quantitative estimate of drug-likeness (QED) is 0.346. The number of ether oxygens (including phenoxy) is 3. The fourth-order valence-electron chi connectivity index (χ4n) is 3.11. The van der Waals surface area contributed by atoms with Crippen LogP contribution in [0.4, 0.5) is 0 Å².